The smallest absolute Gasteiger partial charge is 0.130 e. The molecule has 0 saturated carbocycles. The molecule has 0 atom stereocenters. The molecule has 0 unspecified atom stereocenters. The SMILES string of the molecule is C=Cc1cc(Oc2cc(C=C)c(O)c(C=C)c2)cc(C=C)c1O. The standard InChI is InChI=1S/C20H18O3/c1-5-13-9-17(10-14(6-2)19(13)21)23-18-11-15(7-3)20(22)16(8-4)12-18/h5-12,21-22H,1-4H2. The van der Waals surface area contributed by atoms with E-state index in [2.05, 4.69) is 26.3 Å². The van der Waals surface area contributed by atoms with Gasteiger partial charge in [-0.15, -0.1) is 0 Å². The van der Waals surface area contributed by atoms with E-state index in [4.69, 9.17) is 4.74 Å². The van der Waals surface area contributed by atoms with Crippen LogP contribution in [0.1, 0.15) is 22.3 Å². The summed E-state index contributed by atoms with van der Waals surface area (Å²) in [5.41, 5.74) is 2.18. The number of aromatic hydroxyl groups is 2. The van der Waals surface area contributed by atoms with Crippen molar-refractivity contribution >= 4 is 24.3 Å². The Hall–Kier alpha value is -3.20. The Labute approximate surface area is 135 Å². The number of rotatable bonds is 6. The molecule has 0 aromatic heterocycles. The van der Waals surface area contributed by atoms with Crippen LogP contribution in [0.4, 0.5) is 0 Å². The monoisotopic (exact) mass is 306 g/mol. The van der Waals surface area contributed by atoms with E-state index in [-0.39, 0.29) is 11.5 Å². The van der Waals surface area contributed by atoms with Crippen LogP contribution in [-0.2, 0) is 0 Å². The maximum atomic E-state index is 10.0. The first-order valence-electron chi connectivity index (χ1n) is 6.95. The normalized spacial score (nSPS) is 9.91. The molecule has 0 aliphatic carbocycles. The molecule has 3 heteroatoms. The fourth-order valence-electron chi connectivity index (χ4n) is 2.18. The molecular formula is C20H18O3. The zero-order chi connectivity index (χ0) is 17.0. The molecule has 0 amide bonds. The van der Waals surface area contributed by atoms with Gasteiger partial charge in [-0.2, -0.15) is 0 Å². The fraction of sp³-hybridized carbons (Fsp3) is 0. The second-order valence-corrected chi connectivity index (χ2v) is 4.82. The summed E-state index contributed by atoms with van der Waals surface area (Å²) in [6.07, 6.45) is 6.15. The van der Waals surface area contributed by atoms with Crippen LogP contribution in [0.2, 0.25) is 0 Å². The third-order valence-electron chi connectivity index (χ3n) is 3.40. The number of benzene rings is 2. The minimum Gasteiger partial charge on any atom is -0.507 e. The van der Waals surface area contributed by atoms with E-state index in [1.807, 2.05) is 0 Å². The highest BCUT2D eigenvalue weighted by Gasteiger charge is 2.10. The summed E-state index contributed by atoms with van der Waals surface area (Å²) in [6, 6.07) is 6.68. The molecule has 3 nitrogen and oxygen atoms in total. The van der Waals surface area contributed by atoms with Crippen molar-refractivity contribution in [3.05, 3.63) is 72.8 Å². The van der Waals surface area contributed by atoms with Gasteiger partial charge in [0.05, 0.1) is 0 Å². The van der Waals surface area contributed by atoms with Crippen LogP contribution in [-0.4, -0.2) is 10.2 Å². The number of hydrogen-bond acceptors (Lipinski definition) is 3. The topological polar surface area (TPSA) is 49.7 Å². The minimum absolute atomic E-state index is 0.103. The van der Waals surface area contributed by atoms with Crippen molar-refractivity contribution < 1.29 is 14.9 Å². The summed E-state index contributed by atoms with van der Waals surface area (Å²) in [6.45, 7) is 14.7. The van der Waals surface area contributed by atoms with Crippen LogP contribution in [0.15, 0.2) is 50.6 Å². The van der Waals surface area contributed by atoms with Crippen LogP contribution in [0.5, 0.6) is 23.0 Å². The molecular weight excluding hydrogens is 288 g/mol. The summed E-state index contributed by atoms with van der Waals surface area (Å²) in [5.74, 6) is 1.24. The van der Waals surface area contributed by atoms with Gasteiger partial charge in [0.2, 0.25) is 0 Å². The second kappa shape index (κ2) is 6.71. The first-order chi connectivity index (χ1) is 11.0. The fourth-order valence-corrected chi connectivity index (χ4v) is 2.18. The van der Waals surface area contributed by atoms with Gasteiger partial charge in [-0.05, 0) is 24.3 Å². The molecule has 0 spiro atoms. The maximum absolute atomic E-state index is 10.0. The van der Waals surface area contributed by atoms with Gasteiger partial charge in [0.1, 0.15) is 23.0 Å². The zero-order valence-corrected chi connectivity index (χ0v) is 12.7. The number of phenolic OH excluding ortho intramolecular Hbond substituents is 2. The van der Waals surface area contributed by atoms with Crippen LogP contribution in [0, 0.1) is 0 Å². The Balaban J connectivity index is 2.51. The predicted molar refractivity (Wildman–Crippen MR) is 96.7 cm³/mol. The van der Waals surface area contributed by atoms with Gasteiger partial charge in [-0.25, -0.2) is 0 Å². The van der Waals surface area contributed by atoms with Gasteiger partial charge in [-0.1, -0.05) is 50.6 Å². The molecule has 0 aliphatic heterocycles. The lowest BCUT2D eigenvalue weighted by molar-refractivity contribution is 0.456. The van der Waals surface area contributed by atoms with Gasteiger partial charge in [-0.3, -0.25) is 0 Å². The lowest BCUT2D eigenvalue weighted by Crippen LogP contribution is -1.90. The van der Waals surface area contributed by atoms with Crippen molar-refractivity contribution in [2.75, 3.05) is 0 Å². The van der Waals surface area contributed by atoms with Crippen molar-refractivity contribution in [1.82, 2.24) is 0 Å². The summed E-state index contributed by atoms with van der Waals surface area (Å²) >= 11 is 0. The molecule has 0 aliphatic rings. The van der Waals surface area contributed by atoms with E-state index in [1.165, 1.54) is 24.3 Å². The van der Waals surface area contributed by atoms with Gasteiger partial charge in [0.25, 0.3) is 0 Å². The summed E-state index contributed by atoms with van der Waals surface area (Å²) < 4.78 is 5.84. The quantitative estimate of drug-likeness (QED) is 0.744. The predicted octanol–water partition coefficient (Wildman–Crippen LogP) is 5.46. The summed E-state index contributed by atoms with van der Waals surface area (Å²) in [5, 5.41) is 20.0. The first-order valence-corrected chi connectivity index (χ1v) is 6.95. The molecule has 0 saturated heterocycles. The first kappa shape index (κ1) is 16.2. The number of hydrogen-bond donors (Lipinski definition) is 2. The third-order valence-corrected chi connectivity index (χ3v) is 3.40. The Morgan fingerprint density at radius 3 is 1.09 bits per heavy atom. The van der Waals surface area contributed by atoms with Gasteiger partial charge < -0.3 is 14.9 Å². The molecule has 0 fully saturated rings. The minimum atomic E-state index is 0.103. The number of phenols is 2. The van der Waals surface area contributed by atoms with Crippen molar-refractivity contribution in [3.8, 4) is 23.0 Å². The molecule has 2 rings (SSSR count). The highest BCUT2D eigenvalue weighted by molar-refractivity contribution is 5.70. The van der Waals surface area contributed by atoms with Gasteiger partial charge >= 0.3 is 0 Å². The molecule has 0 heterocycles. The van der Waals surface area contributed by atoms with Crippen molar-refractivity contribution in [2.24, 2.45) is 0 Å². The molecule has 2 N–H and O–H groups in total. The molecule has 2 aromatic rings. The Morgan fingerprint density at radius 1 is 0.609 bits per heavy atom. The average molecular weight is 306 g/mol. The Morgan fingerprint density at radius 2 is 0.870 bits per heavy atom. The van der Waals surface area contributed by atoms with E-state index in [0.29, 0.717) is 33.8 Å². The molecule has 0 radical (unpaired) electrons. The maximum Gasteiger partial charge on any atom is 0.130 e. The largest absolute Gasteiger partial charge is 0.507 e. The summed E-state index contributed by atoms with van der Waals surface area (Å²) in [4.78, 5) is 0. The zero-order valence-electron chi connectivity index (χ0n) is 12.7. The highest BCUT2D eigenvalue weighted by atomic mass is 16.5. The van der Waals surface area contributed by atoms with E-state index in [1.54, 1.807) is 24.3 Å². The summed E-state index contributed by atoms with van der Waals surface area (Å²) in [7, 11) is 0. The van der Waals surface area contributed by atoms with Crippen LogP contribution >= 0.6 is 0 Å². The lowest BCUT2D eigenvalue weighted by atomic mass is 10.1. The lowest BCUT2D eigenvalue weighted by Gasteiger charge is -2.12. The van der Waals surface area contributed by atoms with Crippen molar-refractivity contribution in [2.45, 2.75) is 0 Å². The second-order valence-electron chi connectivity index (χ2n) is 4.82. The average Bonchev–Trinajstić information content (AvgIpc) is 2.57. The van der Waals surface area contributed by atoms with Crippen molar-refractivity contribution in [1.29, 1.82) is 0 Å². The number of ether oxygens (including phenoxy) is 1. The molecule has 0 bridgehead atoms. The van der Waals surface area contributed by atoms with E-state index < -0.39 is 0 Å². The van der Waals surface area contributed by atoms with Crippen molar-refractivity contribution in [3.63, 3.8) is 0 Å². The van der Waals surface area contributed by atoms with Crippen LogP contribution in [0.3, 0.4) is 0 Å². The molecule has 23 heavy (non-hydrogen) atoms. The van der Waals surface area contributed by atoms with Crippen LogP contribution in [0.25, 0.3) is 24.3 Å². The molecule has 2 aromatic carbocycles. The van der Waals surface area contributed by atoms with E-state index >= 15 is 0 Å². The Kier molecular flexibility index (Phi) is 4.72. The Bertz CT molecular complexity index is 675. The van der Waals surface area contributed by atoms with Gasteiger partial charge in [0, 0.05) is 22.3 Å². The van der Waals surface area contributed by atoms with Crippen LogP contribution < -0.4 is 4.74 Å². The van der Waals surface area contributed by atoms with E-state index in [9.17, 15) is 10.2 Å². The van der Waals surface area contributed by atoms with Gasteiger partial charge in [0.15, 0.2) is 0 Å². The third kappa shape index (κ3) is 3.19. The molecule has 116 valence electrons. The van der Waals surface area contributed by atoms with E-state index in [0.717, 1.165) is 0 Å². The highest BCUT2D eigenvalue weighted by Crippen LogP contribution is 2.35.